The van der Waals surface area contributed by atoms with Crippen molar-refractivity contribution in [2.75, 3.05) is 42.6 Å². The van der Waals surface area contributed by atoms with Crippen LogP contribution < -0.4 is 15.1 Å². The van der Waals surface area contributed by atoms with Crippen LogP contribution in [-0.4, -0.2) is 56.9 Å². The number of rotatable bonds is 7. The molecular formula is C23H26FN5O5. The van der Waals surface area contributed by atoms with Gasteiger partial charge in [0.25, 0.3) is 0 Å². The lowest BCUT2D eigenvalue weighted by molar-refractivity contribution is -0.149. The van der Waals surface area contributed by atoms with Gasteiger partial charge in [-0.1, -0.05) is 0 Å². The monoisotopic (exact) mass is 471 g/mol. The van der Waals surface area contributed by atoms with Crippen LogP contribution in [0.25, 0.3) is 0 Å². The highest BCUT2D eigenvalue weighted by molar-refractivity contribution is 5.90. The zero-order valence-corrected chi connectivity index (χ0v) is 19.0. The van der Waals surface area contributed by atoms with Crippen LogP contribution in [0.4, 0.5) is 20.6 Å². The van der Waals surface area contributed by atoms with Crippen molar-refractivity contribution < 1.29 is 28.2 Å². The molecule has 2 aliphatic rings. The third-order valence-electron chi connectivity index (χ3n) is 6.12. The van der Waals surface area contributed by atoms with Crippen molar-refractivity contribution in [3.63, 3.8) is 0 Å². The summed E-state index contributed by atoms with van der Waals surface area (Å²) in [7, 11) is 0. The minimum absolute atomic E-state index is 0.112. The van der Waals surface area contributed by atoms with Gasteiger partial charge in [0.15, 0.2) is 5.92 Å². The van der Waals surface area contributed by atoms with Crippen LogP contribution in [0.3, 0.4) is 0 Å². The van der Waals surface area contributed by atoms with Gasteiger partial charge in [-0.05, 0) is 38.0 Å². The molecular weight excluding hydrogens is 445 g/mol. The average Bonchev–Trinajstić information content (AvgIpc) is 3.19. The number of piperidine rings is 1. The van der Waals surface area contributed by atoms with Crippen molar-refractivity contribution in [1.82, 2.24) is 5.32 Å². The number of benzene rings is 1. The highest BCUT2D eigenvalue weighted by Gasteiger charge is 2.47. The maximum atomic E-state index is 15.0. The molecule has 0 bridgehead atoms. The van der Waals surface area contributed by atoms with Crippen molar-refractivity contribution in [2.24, 2.45) is 11.3 Å². The zero-order valence-electron chi connectivity index (χ0n) is 19.0. The molecule has 1 aromatic carbocycles. The maximum Gasteiger partial charge on any atom is 0.414 e. The number of anilines is 2. The van der Waals surface area contributed by atoms with Crippen LogP contribution in [0.2, 0.25) is 0 Å². The van der Waals surface area contributed by atoms with Gasteiger partial charge in [-0.3, -0.25) is 14.5 Å². The average molecular weight is 471 g/mol. The highest BCUT2D eigenvalue weighted by atomic mass is 19.1. The van der Waals surface area contributed by atoms with Crippen molar-refractivity contribution in [2.45, 2.75) is 32.8 Å². The van der Waals surface area contributed by atoms with Crippen LogP contribution in [-0.2, 0) is 19.1 Å². The van der Waals surface area contributed by atoms with Crippen LogP contribution in [0, 0.1) is 39.8 Å². The molecule has 0 saturated carbocycles. The van der Waals surface area contributed by atoms with Gasteiger partial charge in [-0.15, -0.1) is 0 Å². The van der Waals surface area contributed by atoms with E-state index in [0.717, 1.165) is 0 Å². The first kappa shape index (κ1) is 24.8. The summed E-state index contributed by atoms with van der Waals surface area (Å²) in [5.41, 5.74) is -0.579. The normalized spacial score (nSPS) is 20.0. The Balaban J connectivity index is 1.69. The summed E-state index contributed by atoms with van der Waals surface area (Å²) >= 11 is 0. The quantitative estimate of drug-likeness (QED) is 0.597. The molecule has 2 unspecified atom stereocenters. The molecule has 10 nitrogen and oxygen atoms in total. The van der Waals surface area contributed by atoms with E-state index in [1.54, 1.807) is 24.0 Å². The number of nitrogens with one attached hydrogen (secondary N) is 1. The molecule has 1 aromatic rings. The Morgan fingerprint density at radius 3 is 2.62 bits per heavy atom. The number of esters is 1. The first-order valence-electron chi connectivity index (χ1n) is 11.0. The van der Waals surface area contributed by atoms with E-state index in [-0.39, 0.29) is 51.5 Å². The molecule has 0 aliphatic carbocycles. The number of hydrogen-bond donors (Lipinski definition) is 1. The van der Waals surface area contributed by atoms with Gasteiger partial charge in [0.2, 0.25) is 5.91 Å². The van der Waals surface area contributed by atoms with Crippen LogP contribution >= 0.6 is 0 Å². The molecule has 180 valence electrons. The number of halogens is 1. The predicted molar refractivity (Wildman–Crippen MR) is 118 cm³/mol. The second-order valence-corrected chi connectivity index (χ2v) is 8.26. The molecule has 0 radical (unpaired) electrons. The standard InChI is InChI=1S/C23H26FN5O5/c1-3-33-21(31)18(11-25)23(14-26)6-8-28(9-7-23)20-5-4-16(10-19(20)24)29-13-17(34-22(29)32)12-27-15(2)30/h4-5,10,17-18H,3,6-9,12-13H2,1-2H3,(H,27,30). The number of nitrogens with zero attached hydrogens (tertiary/aromatic N) is 4. The summed E-state index contributed by atoms with van der Waals surface area (Å²) in [6.45, 7) is 3.99. The zero-order chi connectivity index (χ0) is 24.9. The van der Waals surface area contributed by atoms with E-state index >= 15 is 4.39 Å². The second-order valence-electron chi connectivity index (χ2n) is 8.26. The number of cyclic esters (lactones) is 1. The number of carbonyl (C=O) groups excluding carboxylic acids is 3. The Morgan fingerprint density at radius 1 is 1.35 bits per heavy atom. The predicted octanol–water partition coefficient (Wildman–Crippen LogP) is 2.10. The molecule has 2 fully saturated rings. The summed E-state index contributed by atoms with van der Waals surface area (Å²) < 4.78 is 25.2. The largest absolute Gasteiger partial charge is 0.465 e. The third-order valence-corrected chi connectivity index (χ3v) is 6.12. The molecule has 2 aliphatic heterocycles. The van der Waals surface area contributed by atoms with Crippen LogP contribution in [0.15, 0.2) is 18.2 Å². The van der Waals surface area contributed by atoms with E-state index < -0.39 is 35.3 Å². The molecule has 0 spiro atoms. The molecule has 0 aromatic heterocycles. The summed E-state index contributed by atoms with van der Waals surface area (Å²) in [6.07, 6.45) is -0.760. The van der Waals surface area contributed by atoms with E-state index in [1.165, 1.54) is 17.9 Å². The van der Waals surface area contributed by atoms with Gasteiger partial charge in [-0.2, -0.15) is 10.5 Å². The van der Waals surface area contributed by atoms with Gasteiger partial charge < -0.3 is 19.7 Å². The van der Waals surface area contributed by atoms with E-state index in [2.05, 4.69) is 11.4 Å². The van der Waals surface area contributed by atoms with Crippen molar-refractivity contribution in [3.8, 4) is 12.1 Å². The van der Waals surface area contributed by atoms with Gasteiger partial charge in [0.1, 0.15) is 11.9 Å². The molecule has 1 N–H and O–H groups in total. The minimum atomic E-state index is -1.21. The molecule has 2 saturated heterocycles. The number of amides is 2. The van der Waals surface area contributed by atoms with Gasteiger partial charge in [-0.25, -0.2) is 9.18 Å². The first-order chi connectivity index (χ1) is 16.2. The summed E-state index contributed by atoms with van der Waals surface area (Å²) in [5.74, 6) is -2.72. The molecule has 2 amide bonds. The molecule has 2 atom stereocenters. The third kappa shape index (κ3) is 5.04. The lowest BCUT2D eigenvalue weighted by Crippen LogP contribution is -2.46. The minimum Gasteiger partial charge on any atom is -0.465 e. The number of nitriles is 2. The van der Waals surface area contributed by atoms with Crippen molar-refractivity contribution >= 4 is 29.3 Å². The Labute approximate surface area is 196 Å². The van der Waals surface area contributed by atoms with Crippen LogP contribution in [0.5, 0.6) is 0 Å². The van der Waals surface area contributed by atoms with Crippen molar-refractivity contribution in [1.29, 1.82) is 10.5 Å². The summed E-state index contributed by atoms with van der Waals surface area (Å²) in [4.78, 5) is 38.5. The SMILES string of the molecule is CCOC(=O)C(C#N)C1(C#N)CCN(c2ccc(N3CC(CNC(C)=O)OC3=O)cc2F)CC1. The van der Waals surface area contributed by atoms with Gasteiger partial charge in [0, 0.05) is 20.0 Å². The van der Waals surface area contributed by atoms with E-state index in [1.807, 2.05) is 6.07 Å². The number of hydrogen-bond acceptors (Lipinski definition) is 8. The summed E-state index contributed by atoms with van der Waals surface area (Å²) in [6, 6.07) is 8.44. The Morgan fingerprint density at radius 2 is 2.06 bits per heavy atom. The number of ether oxygens (including phenoxy) is 2. The maximum absolute atomic E-state index is 15.0. The Kier molecular flexibility index (Phi) is 7.57. The van der Waals surface area contributed by atoms with Crippen molar-refractivity contribution in [3.05, 3.63) is 24.0 Å². The fourth-order valence-electron chi connectivity index (χ4n) is 4.26. The second kappa shape index (κ2) is 10.4. The fraction of sp³-hybridized carbons (Fsp3) is 0.522. The lowest BCUT2D eigenvalue weighted by atomic mass is 9.70. The number of carbonyl (C=O) groups is 3. The Bertz CT molecular complexity index is 1040. The molecule has 2 heterocycles. The first-order valence-corrected chi connectivity index (χ1v) is 11.0. The molecule has 11 heteroatoms. The van der Waals surface area contributed by atoms with E-state index in [0.29, 0.717) is 11.4 Å². The highest BCUT2D eigenvalue weighted by Crippen LogP contribution is 2.41. The van der Waals surface area contributed by atoms with E-state index in [9.17, 15) is 24.9 Å². The van der Waals surface area contributed by atoms with Crippen LogP contribution in [0.1, 0.15) is 26.7 Å². The van der Waals surface area contributed by atoms with Gasteiger partial charge >= 0.3 is 12.1 Å². The molecule has 3 rings (SSSR count). The van der Waals surface area contributed by atoms with E-state index in [4.69, 9.17) is 9.47 Å². The summed E-state index contributed by atoms with van der Waals surface area (Å²) in [5, 5.41) is 21.9. The smallest absolute Gasteiger partial charge is 0.414 e. The molecule has 34 heavy (non-hydrogen) atoms. The Hall–Kier alpha value is -3.86. The fourth-order valence-corrected chi connectivity index (χ4v) is 4.26. The van der Waals surface area contributed by atoms with Gasteiger partial charge in [0.05, 0.1) is 48.6 Å². The topological polar surface area (TPSA) is 136 Å². The lowest BCUT2D eigenvalue weighted by Gasteiger charge is -2.39.